The van der Waals surface area contributed by atoms with Gasteiger partial charge in [0, 0.05) is 24.8 Å². The smallest absolute Gasteiger partial charge is 0.248 e. The highest BCUT2D eigenvalue weighted by Gasteiger charge is 2.78. The van der Waals surface area contributed by atoms with Crippen LogP contribution in [0.15, 0.2) is 49.6 Å². The standard InChI is InChI=1S/C34H47N3O6/c1-6-20-35(25-14-16-26(17-15-25)42-8-3)30(39)27-28-31(40)37(23(4)22-38)29(34(28)19-18-33(27,5)43-34)32(41)36(21-7-2)24-12-10-9-11-13-24/h6-7,14-17,23-24,27-29,38H,1-2,8-13,18-22H2,3-5H3/t23-,27-,28+,29?,33+,34?/m1/s1. The average molecular weight is 594 g/mol. The first-order chi connectivity index (χ1) is 20.7. The van der Waals surface area contributed by atoms with Crippen LogP contribution in [0.4, 0.5) is 5.69 Å². The lowest BCUT2D eigenvalue weighted by Crippen LogP contribution is -2.60. The Hall–Kier alpha value is -3.17. The van der Waals surface area contributed by atoms with Gasteiger partial charge >= 0.3 is 0 Å². The van der Waals surface area contributed by atoms with Crippen LogP contribution in [-0.4, -0.2) is 88.3 Å². The molecule has 3 amide bonds. The molecule has 6 atom stereocenters. The minimum atomic E-state index is -1.15. The second-order valence-corrected chi connectivity index (χ2v) is 12.7. The molecule has 4 aliphatic rings. The highest BCUT2D eigenvalue weighted by Crippen LogP contribution is 2.64. The number of amides is 3. The average Bonchev–Trinajstić information content (AvgIpc) is 3.59. The Kier molecular flexibility index (Phi) is 9.05. The van der Waals surface area contributed by atoms with Gasteiger partial charge in [0.1, 0.15) is 17.4 Å². The molecule has 5 rings (SSSR count). The van der Waals surface area contributed by atoms with Crippen LogP contribution in [-0.2, 0) is 19.1 Å². The van der Waals surface area contributed by atoms with E-state index in [9.17, 15) is 19.5 Å². The molecule has 1 aromatic rings. The molecule has 2 unspecified atom stereocenters. The minimum absolute atomic E-state index is 0.0606. The highest BCUT2D eigenvalue weighted by atomic mass is 16.5. The molecule has 3 heterocycles. The maximum Gasteiger partial charge on any atom is 0.248 e. The number of likely N-dealkylation sites (tertiary alicyclic amines) is 1. The molecule has 3 saturated heterocycles. The fraction of sp³-hybridized carbons (Fsp3) is 0.618. The molecule has 9 heteroatoms. The Morgan fingerprint density at radius 2 is 1.79 bits per heavy atom. The quantitative estimate of drug-likeness (QED) is 0.367. The van der Waals surface area contributed by atoms with Gasteiger partial charge in [-0.25, -0.2) is 0 Å². The van der Waals surface area contributed by atoms with E-state index in [1.165, 1.54) is 4.90 Å². The van der Waals surface area contributed by atoms with Crippen LogP contribution in [0.3, 0.4) is 0 Å². The largest absolute Gasteiger partial charge is 0.494 e. The normalized spacial score (nSPS) is 30.6. The Morgan fingerprint density at radius 3 is 2.40 bits per heavy atom. The summed E-state index contributed by atoms with van der Waals surface area (Å²) in [5, 5.41) is 10.3. The van der Waals surface area contributed by atoms with Crippen molar-refractivity contribution in [2.45, 2.75) is 95.0 Å². The van der Waals surface area contributed by atoms with Crippen LogP contribution in [0.1, 0.15) is 65.7 Å². The number of nitrogens with zero attached hydrogens (tertiary/aromatic N) is 3. The number of anilines is 1. The number of hydrogen-bond donors (Lipinski definition) is 1. The van der Waals surface area contributed by atoms with Gasteiger partial charge in [-0.15, -0.1) is 13.2 Å². The van der Waals surface area contributed by atoms with E-state index in [-0.39, 0.29) is 36.9 Å². The molecule has 4 fully saturated rings. The lowest BCUT2D eigenvalue weighted by Gasteiger charge is -2.42. The zero-order valence-corrected chi connectivity index (χ0v) is 25.9. The van der Waals surface area contributed by atoms with Crippen molar-refractivity contribution in [2.75, 3.05) is 31.2 Å². The summed E-state index contributed by atoms with van der Waals surface area (Å²) in [6, 6.07) is 5.83. The van der Waals surface area contributed by atoms with Crippen molar-refractivity contribution < 1.29 is 29.0 Å². The monoisotopic (exact) mass is 593 g/mol. The molecular weight excluding hydrogens is 546 g/mol. The molecule has 2 bridgehead atoms. The molecule has 0 radical (unpaired) electrons. The fourth-order valence-electron chi connectivity index (χ4n) is 8.20. The number of fused-ring (bicyclic) bond motifs is 1. The van der Waals surface area contributed by atoms with Crippen molar-refractivity contribution in [1.82, 2.24) is 9.80 Å². The van der Waals surface area contributed by atoms with Crippen LogP contribution in [0.2, 0.25) is 0 Å². The Labute approximate surface area is 255 Å². The first-order valence-electron chi connectivity index (χ1n) is 15.9. The summed E-state index contributed by atoms with van der Waals surface area (Å²) in [5.41, 5.74) is -1.40. The van der Waals surface area contributed by atoms with Gasteiger partial charge in [-0.3, -0.25) is 14.4 Å². The van der Waals surface area contributed by atoms with E-state index in [1.54, 1.807) is 24.0 Å². The van der Waals surface area contributed by atoms with Gasteiger partial charge in [0.25, 0.3) is 0 Å². The third kappa shape index (κ3) is 5.18. The van der Waals surface area contributed by atoms with Crippen LogP contribution < -0.4 is 9.64 Å². The Bertz CT molecular complexity index is 1230. The zero-order valence-electron chi connectivity index (χ0n) is 25.9. The van der Waals surface area contributed by atoms with E-state index in [1.807, 2.05) is 43.0 Å². The van der Waals surface area contributed by atoms with Gasteiger partial charge < -0.3 is 29.3 Å². The molecule has 9 nitrogen and oxygen atoms in total. The summed E-state index contributed by atoms with van der Waals surface area (Å²) in [6.45, 7) is 14.2. The Morgan fingerprint density at radius 1 is 1.12 bits per heavy atom. The van der Waals surface area contributed by atoms with Crippen LogP contribution >= 0.6 is 0 Å². The van der Waals surface area contributed by atoms with E-state index in [0.29, 0.717) is 37.4 Å². The van der Waals surface area contributed by atoms with Crippen molar-refractivity contribution in [3.63, 3.8) is 0 Å². The maximum absolute atomic E-state index is 14.7. The van der Waals surface area contributed by atoms with E-state index in [0.717, 1.165) is 32.1 Å². The third-order valence-electron chi connectivity index (χ3n) is 10.1. The molecule has 234 valence electrons. The van der Waals surface area contributed by atoms with Gasteiger partial charge in [0.05, 0.1) is 36.7 Å². The van der Waals surface area contributed by atoms with Gasteiger partial charge in [-0.1, -0.05) is 31.4 Å². The molecule has 0 aromatic heterocycles. The molecule has 1 N–H and O–H groups in total. The Balaban J connectivity index is 1.54. The molecule has 3 aliphatic heterocycles. The van der Waals surface area contributed by atoms with Crippen LogP contribution in [0.25, 0.3) is 0 Å². The van der Waals surface area contributed by atoms with Crippen molar-refractivity contribution in [2.24, 2.45) is 11.8 Å². The minimum Gasteiger partial charge on any atom is -0.494 e. The first-order valence-corrected chi connectivity index (χ1v) is 15.9. The van der Waals surface area contributed by atoms with E-state index < -0.39 is 35.1 Å². The molecular formula is C34H47N3O6. The van der Waals surface area contributed by atoms with Crippen molar-refractivity contribution >= 4 is 23.4 Å². The lowest BCUT2D eigenvalue weighted by molar-refractivity contribution is -0.156. The first kappa shape index (κ1) is 31.3. The van der Waals surface area contributed by atoms with Gasteiger partial charge in [-0.2, -0.15) is 0 Å². The summed E-state index contributed by atoms with van der Waals surface area (Å²) in [7, 11) is 0. The molecule has 1 saturated carbocycles. The summed E-state index contributed by atoms with van der Waals surface area (Å²) in [6.07, 6.45) is 9.51. The second-order valence-electron chi connectivity index (χ2n) is 12.7. The summed E-state index contributed by atoms with van der Waals surface area (Å²) < 4.78 is 12.4. The third-order valence-corrected chi connectivity index (χ3v) is 10.1. The molecule has 1 aliphatic carbocycles. The SMILES string of the molecule is C=CCN(C(=O)[C@H]1[C@H]2C(=O)N([C@H](C)CO)C(C(=O)N(CC=C)C3CCCCC3)C23CC[C@]1(C)O3)c1ccc(OCC)cc1. The summed E-state index contributed by atoms with van der Waals surface area (Å²) in [5.74, 6) is -1.63. The van der Waals surface area contributed by atoms with E-state index >= 15 is 0 Å². The summed E-state index contributed by atoms with van der Waals surface area (Å²) in [4.78, 5) is 48.8. The maximum atomic E-state index is 14.7. The number of carbonyl (C=O) groups excluding carboxylic acids is 3. The molecule has 1 spiro atoms. The zero-order chi connectivity index (χ0) is 30.9. The number of benzene rings is 1. The topological polar surface area (TPSA) is 99.6 Å². The number of hydrogen-bond acceptors (Lipinski definition) is 6. The number of carbonyl (C=O) groups is 3. The van der Waals surface area contributed by atoms with Crippen molar-refractivity contribution in [1.29, 1.82) is 0 Å². The van der Waals surface area contributed by atoms with Gasteiger partial charge in [0.2, 0.25) is 17.7 Å². The van der Waals surface area contributed by atoms with E-state index in [2.05, 4.69) is 13.2 Å². The molecule has 43 heavy (non-hydrogen) atoms. The number of rotatable bonds is 12. The van der Waals surface area contributed by atoms with Crippen molar-refractivity contribution in [3.05, 3.63) is 49.6 Å². The van der Waals surface area contributed by atoms with Gasteiger partial charge in [0.15, 0.2) is 0 Å². The fourth-order valence-corrected chi connectivity index (χ4v) is 8.20. The van der Waals surface area contributed by atoms with Crippen molar-refractivity contribution in [3.8, 4) is 5.75 Å². The predicted octanol–water partition coefficient (Wildman–Crippen LogP) is 4.10. The number of aliphatic hydroxyl groups is 1. The van der Waals surface area contributed by atoms with Gasteiger partial charge in [-0.05, 0) is 70.7 Å². The molecule has 1 aromatic carbocycles. The van der Waals surface area contributed by atoms with Crippen LogP contribution in [0, 0.1) is 11.8 Å². The van der Waals surface area contributed by atoms with E-state index in [4.69, 9.17) is 9.47 Å². The predicted molar refractivity (Wildman–Crippen MR) is 165 cm³/mol. The lowest BCUT2D eigenvalue weighted by atomic mass is 9.66. The second kappa shape index (κ2) is 12.4. The van der Waals surface area contributed by atoms with Crippen LogP contribution in [0.5, 0.6) is 5.75 Å². The summed E-state index contributed by atoms with van der Waals surface area (Å²) >= 11 is 0. The number of aliphatic hydroxyl groups excluding tert-OH is 1. The highest BCUT2D eigenvalue weighted by molar-refractivity contribution is 6.03. The number of ether oxygens (including phenoxy) is 2.